The number of imidazole rings is 1. The van der Waals surface area contributed by atoms with Crippen LogP contribution in [0.2, 0.25) is 5.02 Å². The van der Waals surface area contributed by atoms with Crippen LogP contribution in [-0.2, 0) is 9.47 Å². The second-order valence-electron chi connectivity index (χ2n) is 9.73. The van der Waals surface area contributed by atoms with Crippen molar-refractivity contribution >= 4 is 29.0 Å². The summed E-state index contributed by atoms with van der Waals surface area (Å²) in [5.74, 6) is 0.376. The van der Waals surface area contributed by atoms with Gasteiger partial charge in [0.25, 0.3) is 0 Å². The van der Waals surface area contributed by atoms with Crippen molar-refractivity contribution in [3.63, 3.8) is 0 Å². The summed E-state index contributed by atoms with van der Waals surface area (Å²) in [6, 6.07) is 2.35. The maximum atomic E-state index is 12.3. The van der Waals surface area contributed by atoms with Crippen LogP contribution in [0.1, 0.15) is 58.1 Å². The van der Waals surface area contributed by atoms with E-state index in [1.807, 2.05) is 18.5 Å². The van der Waals surface area contributed by atoms with Crippen LogP contribution in [0.4, 0.5) is 10.5 Å². The highest BCUT2D eigenvalue weighted by molar-refractivity contribution is 6.30. The molecule has 2 aromatic heterocycles. The third-order valence-electron chi connectivity index (χ3n) is 6.72. The quantitative estimate of drug-likeness (QED) is 0.543. The topological polar surface area (TPSA) is 71.3 Å². The second kappa shape index (κ2) is 11.6. The van der Waals surface area contributed by atoms with Crippen LogP contribution in [0, 0.1) is 0 Å². The van der Waals surface area contributed by atoms with Crippen LogP contribution in [0.3, 0.4) is 0 Å². The van der Waals surface area contributed by atoms with Crippen molar-refractivity contribution in [2.75, 3.05) is 51.3 Å². The molecule has 0 spiro atoms. The molecule has 2 aliphatic rings. The zero-order valence-corrected chi connectivity index (χ0v) is 21.4. The van der Waals surface area contributed by atoms with E-state index in [4.69, 9.17) is 21.1 Å². The summed E-state index contributed by atoms with van der Waals surface area (Å²) in [4.78, 5) is 21.2. The normalized spacial score (nSPS) is 20.3. The van der Waals surface area contributed by atoms with Crippen LogP contribution in [0.5, 0.6) is 0 Å². The Labute approximate surface area is 207 Å². The van der Waals surface area contributed by atoms with E-state index >= 15 is 0 Å². The molecule has 1 amide bonds. The largest absolute Gasteiger partial charge is 0.449 e. The summed E-state index contributed by atoms with van der Waals surface area (Å²) in [7, 11) is 0. The molecule has 0 radical (unpaired) electrons. The SMILES string of the molecule is CCCCOC(=O)N1CCO[C@H](CN2CCC(Nc3cc(Cl)cn4c(C(C)C)cnc34)CC2)C1. The zero-order valence-electron chi connectivity index (χ0n) is 20.6. The Balaban J connectivity index is 1.27. The van der Waals surface area contributed by atoms with E-state index in [0.717, 1.165) is 62.3 Å². The molecule has 0 aromatic carbocycles. The van der Waals surface area contributed by atoms with E-state index in [1.165, 1.54) is 0 Å². The lowest BCUT2D eigenvalue weighted by molar-refractivity contribution is -0.0430. The van der Waals surface area contributed by atoms with Crippen molar-refractivity contribution in [3.8, 4) is 0 Å². The molecule has 4 heterocycles. The Hall–Kier alpha value is -2.03. The average Bonchev–Trinajstić information content (AvgIpc) is 3.25. The molecule has 0 aliphatic carbocycles. The Morgan fingerprint density at radius 3 is 2.85 bits per heavy atom. The first-order valence-corrected chi connectivity index (χ1v) is 13.0. The second-order valence-corrected chi connectivity index (χ2v) is 10.2. The standard InChI is InChI=1S/C25H38ClN5O3/c1-4-5-11-34-25(32)30-10-12-33-21(17-30)16-29-8-6-20(7-9-29)28-22-13-19(26)15-31-23(18(2)3)14-27-24(22)31/h13-15,18,20-21,28H,4-12,16-17H2,1-3H3/t21-/m1/s1. The van der Waals surface area contributed by atoms with Gasteiger partial charge in [-0.15, -0.1) is 0 Å². The maximum absolute atomic E-state index is 12.3. The lowest BCUT2D eigenvalue weighted by atomic mass is 10.0. The lowest BCUT2D eigenvalue weighted by Gasteiger charge is -2.38. The van der Waals surface area contributed by atoms with Gasteiger partial charge in [-0.3, -0.25) is 0 Å². The Morgan fingerprint density at radius 1 is 1.32 bits per heavy atom. The number of piperidine rings is 1. The van der Waals surface area contributed by atoms with Crippen LogP contribution < -0.4 is 5.32 Å². The fraction of sp³-hybridized carbons (Fsp3) is 0.680. The number of rotatable bonds is 8. The van der Waals surface area contributed by atoms with Gasteiger partial charge >= 0.3 is 6.09 Å². The number of carbonyl (C=O) groups excluding carboxylic acids is 1. The molecule has 0 unspecified atom stereocenters. The number of halogens is 1. The first kappa shape index (κ1) is 25.1. The number of amides is 1. The highest BCUT2D eigenvalue weighted by Crippen LogP contribution is 2.27. The zero-order chi connectivity index (χ0) is 24.1. The molecular weight excluding hydrogens is 454 g/mol. The number of pyridine rings is 1. The number of hydrogen-bond donors (Lipinski definition) is 1. The number of morpholine rings is 1. The fourth-order valence-corrected chi connectivity index (χ4v) is 4.97. The Bertz CT molecular complexity index is 957. The number of unbranched alkanes of at least 4 members (excludes halogenated alkanes) is 1. The molecule has 188 valence electrons. The number of nitrogens with one attached hydrogen (secondary N) is 1. The third-order valence-corrected chi connectivity index (χ3v) is 6.93. The number of nitrogens with zero attached hydrogens (tertiary/aromatic N) is 4. The van der Waals surface area contributed by atoms with Crippen molar-refractivity contribution in [1.82, 2.24) is 19.2 Å². The Kier molecular flexibility index (Phi) is 8.55. The van der Waals surface area contributed by atoms with Gasteiger partial charge in [-0.2, -0.15) is 0 Å². The molecular formula is C25H38ClN5O3. The van der Waals surface area contributed by atoms with Crippen LogP contribution in [0.15, 0.2) is 18.5 Å². The molecule has 2 aliphatic heterocycles. The van der Waals surface area contributed by atoms with E-state index in [0.29, 0.717) is 43.3 Å². The van der Waals surface area contributed by atoms with E-state index < -0.39 is 0 Å². The first-order valence-electron chi connectivity index (χ1n) is 12.6. The molecule has 2 fully saturated rings. The number of fused-ring (bicyclic) bond motifs is 1. The van der Waals surface area contributed by atoms with E-state index in [9.17, 15) is 4.79 Å². The van der Waals surface area contributed by atoms with E-state index in [-0.39, 0.29) is 12.2 Å². The predicted octanol–water partition coefficient (Wildman–Crippen LogP) is 4.62. The van der Waals surface area contributed by atoms with Gasteiger partial charge in [0.2, 0.25) is 0 Å². The molecule has 0 saturated carbocycles. The average molecular weight is 492 g/mol. The molecule has 1 atom stereocenters. The number of hydrogen-bond acceptors (Lipinski definition) is 6. The lowest BCUT2D eigenvalue weighted by Crippen LogP contribution is -2.51. The monoisotopic (exact) mass is 491 g/mol. The van der Waals surface area contributed by atoms with Gasteiger partial charge in [-0.1, -0.05) is 38.8 Å². The van der Waals surface area contributed by atoms with Gasteiger partial charge in [0.1, 0.15) is 0 Å². The molecule has 0 bridgehead atoms. The van der Waals surface area contributed by atoms with Gasteiger partial charge in [-0.05, 0) is 31.2 Å². The summed E-state index contributed by atoms with van der Waals surface area (Å²) in [6.45, 7) is 11.5. The minimum absolute atomic E-state index is 0.0314. The molecule has 34 heavy (non-hydrogen) atoms. The molecule has 9 heteroatoms. The van der Waals surface area contributed by atoms with E-state index in [2.05, 4.69) is 40.4 Å². The number of anilines is 1. The maximum Gasteiger partial charge on any atom is 0.409 e. The minimum atomic E-state index is -0.211. The third kappa shape index (κ3) is 6.15. The Morgan fingerprint density at radius 2 is 2.12 bits per heavy atom. The van der Waals surface area contributed by atoms with E-state index in [1.54, 1.807) is 4.90 Å². The fourth-order valence-electron chi connectivity index (χ4n) is 4.76. The molecule has 8 nitrogen and oxygen atoms in total. The number of aromatic nitrogens is 2. The predicted molar refractivity (Wildman–Crippen MR) is 135 cm³/mol. The van der Waals surface area contributed by atoms with Gasteiger partial charge in [0.15, 0.2) is 5.65 Å². The number of ether oxygens (including phenoxy) is 2. The highest BCUT2D eigenvalue weighted by atomic mass is 35.5. The first-order chi connectivity index (χ1) is 16.4. The molecule has 1 N–H and O–H groups in total. The smallest absolute Gasteiger partial charge is 0.409 e. The molecule has 2 aromatic rings. The van der Waals surface area contributed by atoms with Crippen molar-refractivity contribution in [2.45, 2.75) is 64.5 Å². The number of carbonyl (C=O) groups is 1. The minimum Gasteiger partial charge on any atom is -0.449 e. The summed E-state index contributed by atoms with van der Waals surface area (Å²) < 4.78 is 13.4. The summed E-state index contributed by atoms with van der Waals surface area (Å²) >= 11 is 6.43. The number of likely N-dealkylation sites (tertiary alicyclic amines) is 1. The summed E-state index contributed by atoms with van der Waals surface area (Å²) in [5.41, 5.74) is 3.08. The van der Waals surface area contributed by atoms with Crippen LogP contribution in [-0.4, -0.2) is 83.4 Å². The van der Waals surface area contributed by atoms with Crippen LogP contribution in [0.25, 0.3) is 5.65 Å². The van der Waals surface area contributed by atoms with Crippen molar-refractivity contribution in [2.24, 2.45) is 0 Å². The van der Waals surface area contributed by atoms with Crippen LogP contribution >= 0.6 is 11.6 Å². The van der Waals surface area contributed by atoms with Gasteiger partial charge in [0.05, 0.1) is 36.6 Å². The summed E-state index contributed by atoms with van der Waals surface area (Å²) in [6.07, 6.45) is 7.70. The van der Waals surface area contributed by atoms with Gasteiger partial charge < -0.3 is 29.0 Å². The van der Waals surface area contributed by atoms with Gasteiger partial charge in [0, 0.05) is 50.3 Å². The van der Waals surface area contributed by atoms with Crippen molar-refractivity contribution in [3.05, 3.63) is 29.2 Å². The summed E-state index contributed by atoms with van der Waals surface area (Å²) in [5, 5.41) is 4.40. The van der Waals surface area contributed by atoms with Gasteiger partial charge in [-0.25, -0.2) is 9.78 Å². The molecule has 4 rings (SSSR count). The van der Waals surface area contributed by atoms with Crippen molar-refractivity contribution < 1.29 is 14.3 Å². The molecule has 2 saturated heterocycles. The highest BCUT2D eigenvalue weighted by Gasteiger charge is 2.28. The van der Waals surface area contributed by atoms with Crippen molar-refractivity contribution in [1.29, 1.82) is 0 Å².